The van der Waals surface area contributed by atoms with Gasteiger partial charge in [0.1, 0.15) is 0 Å². The molecule has 3 aromatic carbocycles. The normalized spacial score (nSPS) is 10.7. The van der Waals surface area contributed by atoms with E-state index in [9.17, 15) is 18.5 Å². The van der Waals surface area contributed by atoms with Crippen LogP contribution in [0.25, 0.3) is 10.8 Å². The predicted octanol–water partition coefficient (Wildman–Crippen LogP) is 4.36. The lowest BCUT2D eigenvalue weighted by atomic mass is 10.1. The molecular formula is C16H12ClNO4S. The molecule has 0 N–H and O–H groups in total. The summed E-state index contributed by atoms with van der Waals surface area (Å²) in [6.45, 7) is 0. The van der Waals surface area contributed by atoms with Gasteiger partial charge in [-0.2, -0.15) is 0 Å². The first-order valence-corrected chi connectivity index (χ1v) is 8.82. The zero-order chi connectivity index (χ0) is 16.9. The Balaban J connectivity index is 0.000000185. The first-order valence-electron chi connectivity index (χ1n) is 6.51. The van der Waals surface area contributed by atoms with E-state index in [4.69, 9.17) is 10.7 Å². The summed E-state index contributed by atoms with van der Waals surface area (Å²) < 4.78 is 22.4. The number of hydrogen-bond donors (Lipinski definition) is 0. The van der Waals surface area contributed by atoms with Crippen LogP contribution in [-0.2, 0) is 9.05 Å². The highest BCUT2D eigenvalue weighted by Crippen LogP contribution is 2.25. The number of benzene rings is 3. The summed E-state index contributed by atoms with van der Waals surface area (Å²) in [6, 6.07) is 20.2. The van der Waals surface area contributed by atoms with Crippen molar-refractivity contribution in [1.29, 1.82) is 0 Å². The number of non-ortho nitro benzene ring substituents is 1. The van der Waals surface area contributed by atoms with E-state index in [1.165, 1.54) is 18.2 Å². The number of hydrogen-bond acceptors (Lipinski definition) is 4. The van der Waals surface area contributed by atoms with Crippen LogP contribution in [-0.4, -0.2) is 13.3 Å². The summed E-state index contributed by atoms with van der Waals surface area (Å²) in [5.74, 6) is 0. The standard InChI is InChI=1S/C10H7ClO2S.C6H5NO2/c11-14(12,13)10-7-3-5-8-4-1-2-6-9(8)10;8-7(9)6-4-2-1-3-5-6/h1-7H;1-5H. The molecule has 0 spiro atoms. The molecule has 23 heavy (non-hydrogen) atoms. The molecule has 118 valence electrons. The second-order valence-corrected chi connectivity index (χ2v) is 7.04. The fourth-order valence-corrected chi connectivity index (χ4v) is 3.05. The van der Waals surface area contributed by atoms with E-state index in [1.54, 1.807) is 36.4 Å². The van der Waals surface area contributed by atoms with E-state index in [0.29, 0.717) is 5.39 Å². The van der Waals surface area contributed by atoms with Crippen molar-refractivity contribution in [2.75, 3.05) is 0 Å². The Hall–Kier alpha value is -2.44. The highest BCUT2D eigenvalue weighted by Gasteiger charge is 2.12. The quantitative estimate of drug-likeness (QED) is 0.391. The van der Waals surface area contributed by atoms with Crippen LogP contribution in [0.3, 0.4) is 0 Å². The van der Waals surface area contributed by atoms with Crippen molar-refractivity contribution in [3.05, 3.63) is 82.9 Å². The first kappa shape index (κ1) is 16.9. The molecule has 0 aliphatic heterocycles. The third-order valence-electron chi connectivity index (χ3n) is 2.98. The molecule has 0 fully saturated rings. The molecule has 0 unspecified atom stereocenters. The molecule has 0 aliphatic carbocycles. The van der Waals surface area contributed by atoms with Crippen LogP contribution < -0.4 is 0 Å². The van der Waals surface area contributed by atoms with Crippen molar-refractivity contribution in [3.63, 3.8) is 0 Å². The van der Waals surface area contributed by atoms with Crippen LogP contribution in [0.1, 0.15) is 0 Å². The van der Waals surface area contributed by atoms with Gasteiger partial charge in [0.15, 0.2) is 0 Å². The molecule has 0 bridgehead atoms. The largest absolute Gasteiger partial charge is 0.269 e. The van der Waals surface area contributed by atoms with Gasteiger partial charge >= 0.3 is 0 Å². The second kappa shape index (κ2) is 7.21. The second-order valence-electron chi connectivity index (χ2n) is 4.51. The number of nitro benzene ring substituents is 1. The minimum atomic E-state index is -3.66. The van der Waals surface area contributed by atoms with Gasteiger partial charge in [-0.3, -0.25) is 10.1 Å². The molecule has 0 atom stereocenters. The summed E-state index contributed by atoms with van der Waals surface area (Å²) in [6.07, 6.45) is 0. The number of rotatable bonds is 2. The molecule has 0 radical (unpaired) electrons. The number of nitro groups is 1. The van der Waals surface area contributed by atoms with Gasteiger partial charge in [-0.15, -0.1) is 0 Å². The Morgan fingerprint density at radius 2 is 1.39 bits per heavy atom. The van der Waals surface area contributed by atoms with Crippen molar-refractivity contribution in [1.82, 2.24) is 0 Å². The van der Waals surface area contributed by atoms with Crippen molar-refractivity contribution >= 4 is 36.2 Å². The first-order chi connectivity index (χ1) is 10.9. The van der Waals surface area contributed by atoms with E-state index in [-0.39, 0.29) is 10.6 Å². The van der Waals surface area contributed by atoms with Crippen LogP contribution in [0.4, 0.5) is 5.69 Å². The average molecular weight is 350 g/mol. The fourth-order valence-electron chi connectivity index (χ4n) is 1.96. The summed E-state index contributed by atoms with van der Waals surface area (Å²) in [4.78, 5) is 9.75. The van der Waals surface area contributed by atoms with Gasteiger partial charge in [0, 0.05) is 28.2 Å². The lowest BCUT2D eigenvalue weighted by Gasteiger charge is -2.01. The van der Waals surface area contributed by atoms with Gasteiger partial charge in [0.2, 0.25) is 0 Å². The van der Waals surface area contributed by atoms with Crippen LogP contribution in [0.15, 0.2) is 77.7 Å². The molecule has 0 saturated carbocycles. The molecule has 3 rings (SSSR count). The van der Waals surface area contributed by atoms with E-state index in [0.717, 1.165) is 5.39 Å². The maximum absolute atomic E-state index is 11.2. The van der Waals surface area contributed by atoms with Crippen LogP contribution >= 0.6 is 10.7 Å². The smallest absolute Gasteiger partial charge is 0.258 e. The molecule has 0 heterocycles. The van der Waals surface area contributed by atoms with Crippen LogP contribution in [0.2, 0.25) is 0 Å². The Morgan fingerprint density at radius 1 is 0.826 bits per heavy atom. The van der Waals surface area contributed by atoms with Gasteiger partial charge in [-0.05, 0) is 11.5 Å². The van der Waals surface area contributed by atoms with Crippen molar-refractivity contribution in [2.45, 2.75) is 4.90 Å². The van der Waals surface area contributed by atoms with Gasteiger partial charge < -0.3 is 0 Å². The zero-order valence-electron chi connectivity index (χ0n) is 11.8. The Labute approximate surface area is 137 Å². The lowest BCUT2D eigenvalue weighted by molar-refractivity contribution is -0.384. The molecule has 0 aliphatic rings. The van der Waals surface area contributed by atoms with Crippen LogP contribution in [0.5, 0.6) is 0 Å². The van der Waals surface area contributed by atoms with Gasteiger partial charge in [0.05, 0.1) is 9.82 Å². The number of fused-ring (bicyclic) bond motifs is 1. The van der Waals surface area contributed by atoms with Gasteiger partial charge in [-0.1, -0.05) is 54.6 Å². The number of nitrogens with zero attached hydrogens (tertiary/aromatic N) is 1. The third kappa shape index (κ3) is 4.51. The molecule has 7 heteroatoms. The minimum Gasteiger partial charge on any atom is -0.258 e. The summed E-state index contributed by atoms with van der Waals surface area (Å²) in [5.41, 5.74) is 0.137. The topological polar surface area (TPSA) is 77.3 Å². The van der Waals surface area contributed by atoms with Crippen molar-refractivity contribution in [3.8, 4) is 0 Å². The minimum absolute atomic E-state index is 0.137. The molecular weight excluding hydrogens is 338 g/mol. The summed E-state index contributed by atoms with van der Waals surface area (Å²) in [5, 5.41) is 11.5. The summed E-state index contributed by atoms with van der Waals surface area (Å²) in [7, 11) is 1.65. The van der Waals surface area contributed by atoms with E-state index in [2.05, 4.69) is 0 Å². The van der Waals surface area contributed by atoms with Crippen LogP contribution in [0, 0.1) is 10.1 Å². The fraction of sp³-hybridized carbons (Fsp3) is 0. The Morgan fingerprint density at radius 3 is 1.96 bits per heavy atom. The van der Waals surface area contributed by atoms with E-state index >= 15 is 0 Å². The highest BCUT2D eigenvalue weighted by atomic mass is 35.7. The van der Waals surface area contributed by atoms with Crippen molar-refractivity contribution in [2.24, 2.45) is 0 Å². The molecule has 0 amide bonds. The monoisotopic (exact) mass is 349 g/mol. The Kier molecular flexibility index (Phi) is 5.31. The SMILES string of the molecule is O=S(=O)(Cl)c1cccc2ccccc12.O=[N+]([O-])c1ccccc1. The van der Waals surface area contributed by atoms with Gasteiger partial charge in [0.25, 0.3) is 14.7 Å². The zero-order valence-corrected chi connectivity index (χ0v) is 13.4. The number of halogens is 1. The number of para-hydroxylation sites is 1. The highest BCUT2D eigenvalue weighted by molar-refractivity contribution is 8.14. The van der Waals surface area contributed by atoms with E-state index in [1.807, 2.05) is 18.2 Å². The third-order valence-corrected chi connectivity index (χ3v) is 4.36. The molecule has 0 aromatic heterocycles. The van der Waals surface area contributed by atoms with E-state index < -0.39 is 14.0 Å². The van der Waals surface area contributed by atoms with Gasteiger partial charge in [-0.25, -0.2) is 8.42 Å². The maximum Gasteiger partial charge on any atom is 0.269 e. The molecule has 0 saturated heterocycles. The molecule has 3 aromatic rings. The maximum atomic E-state index is 11.2. The lowest BCUT2D eigenvalue weighted by Crippen LogP contribution is -1.91. The molecule has 5 nitrogen and oxygen atoms in total. The average Bonchev–Trinajstić information content (AvgIpc) is 2.55. The van der Waals surface area contributed by atoms with Crippen molar-refractivity contribution < 1.29 is 13.3 Å². The summed E-state index contributed by atoms with van der Waals surface area (Å²) >= 11 is 0. The Bertz CT molecular complexity index is 922. The predicted molar refractivity (Wildman–Crippen MR) is 90.1 cm³/mol.